The molecule has 1 saturated heterocycles. The van der Waals surface area contributed by atoms with E-state index in [4.69, 9.17) is 4.84 Å². The van der Waals surface area contributed by atoms with Crippen LogP contribution in [0.2, 0.25) is 0 Å². The molecular formula is C16H24N2O4S. The third-order valence-electron chi connectivity index (χ3n) is 4.11. The van der Waals surface area contributed by atoms with E-state index in [0.29, 0.717) is 24.9 Å². The molecule has 2 atom stereocenters. The minimum atomic E-state index is -3.59. The number of hydroxylamine groups is 2. The lowest BCUT2D eigenvalue weighted by molar-refractivity contribution is -0.0757. The van der Waals surface area contributed by atoms with Gasteiger partial charge in [0.2, 0.25) is 10.0 Å². The number of sulfonamides is 1. The van der Waals surface area contributed by atoms with Gasteiger partial charge in [-0.25, -0.2) is 13.5 Å². The van der Waals surface area contributed by atoms with Crippen molar-refractivity contribution in [3.8, 4) is 0 Å². The smallest absolute Gasteiger partial charge is 0.274 e. The molecule has 0 spiro atoms. The Kier molecular flexibility index (Phi) is 5.44. The van der Waals surface area contributed by atoms with E-state index in [9.17, 15) is 13.2 Å². The predicted octanol–water partition coefficient (Wildman–Crippen LogP) is 1.99. The van der Waals surface area contributed by atoms with Crippen LogP contribution in [0.3, 0.4) is 0 Å². The number of hydrogen-bond acceptors (Lipinski definition) is 4. The molecule has 1 aliphatic rings. The number of carbonyl (C=O) groups is 1. The molecule has 0 aromatic heterocycles. The van der Waals surface area contributed by atoms with Gasteiger partial charge in [0.25, 0.3) is 5.91 Å². The Morgan fingerprint density at radius 3 is 2.43 bits per heavy atom. The van der Waals surface area contributed by atoms with E-state index in [1.165, 1.54) is 30.6 Å². The van der Waals surface area contributed by atoms with E-state index in [2.05, 4.69) is 13.8 Å². The minimum Gasteiger partial charge on any atom is -0.274 e. The number of carbonyl (C=O) groups excluding carboxylic acids is 1. The summed E-state index contributed by atoms with van der Waals surface area (Å²) in [5.41, 5.74) is 0.286. The van der Waals surface area contributed by atoms with Crippen LogP contribution in [0, 0.1) is 11.8 Å². The number of amides is 1. The fourth-order valence-electron chi connectivity index (χ4n) is 3.01. The second kappa shape index (κ2) is 6.98. The Balaban J connectivity index is 2.32. The molecule has 7 heteroatoms. The lowest BCUT2D eigenvalue weighted by Gasteiger charge is -2.34. The summed E-state index contributed by atoms with van der Waals surface area (Å²) in [5, 5.41) is 1.07. The maximum absolute atomic E-state index is 12.9. The molecule has 1 heterocycles. The van der Waals surface area contributed by atoms with Crippen molar-refractivity contribution < 1.29 is 18.0 Å². The zero-order valence-corrected chi connectivity index (χ0v) is 14.8. The van der Waals surface area contributed by atoms with E-state index in [0.717, 1.165) is 11.5 Å². The third-order valence-corrected chi connectivity index (χ3v) is 5.94. The van der Waals surface area contributed by atoms with Gasteiger partial charge >= 0.3 is 0 Å². The van der Waals surface area contributed by atoms with E-state index in [-0.39, 0.29) is 16.4 Å². The zero-order chi connectivity index (χ0) is 17.2. The lowest BCUT2D eigenvalue weighted by atomic mass is 9.94. The van der Waals surface area contributed by atoms with Crippen molar-refractivity contribution in [2.24, 2.45) is 11.8 Å². The normalized spacial score (nSPS) is 22.8. The molecule has 1 amide bonds. The second-order valence-corrected chi connectivity index (χ2v) is 8.22. The number of piperidine rings is 1. The maximum Gasteiger partial charge on any atom is 0.277 e. The molecule has 2 unspecified atom stereocenters. The molecule has 23 heavy (non-hydrogen) atoms. The summed E-state index contributed by atoms with van der Waals surface area (Å²) in [6.07, 6.45) is 1.03. The van der Waals surface area contributed by atoms with Gasteiger partial charge in [-0.05, 0) is 36.5 Å². The van der Waals surface area contributed by atoms with E-state index >= 15 is 0 Å². The highest BCUT2D eigenvalue weighted by Crippen LogP contribution is 2.27. The number of benzene rings is 1. The fourth-order valence-corrected chi connectivity index (χ4v) is 4.73. The van der Waals surface area contributed by atoms with Crippen LogP contribution in [0.5, 0.6) is 0 Å². The van der Waals surface area contributed by atoms with Gasteiger partial charge in [-0.2, -0.15) is 4.31 Å². The SMILES string of the molecule is CON(C)C(=O)c1cccc(S(=O)(=O)N2CC(C)CC(C)C2)c1. The first-order chi connectivity index (χ1) is 10.8. The van der Waals surface area contributed by atoms with Gasteiger partial charge in [-0.3, -0.25) is 9.63 Å². The van der Waals surface area contributed by atoms with Crippen LogP contribution in [-0.4, -0.2) is 50.9 Å². The molecule has 1 aromatic carbocycles. The Labute approximate surface area is 138 Å². The highest BCUT2D eigenvalue weighted by atomic mass is 32.2. The number of hydrogen-bond donors (Lipinski definition) is 0. The Bertz CT molecular complexity index is 664. The molecule has 0 aliphatic carbocycles. The lowest BCUT2D eigenvalue weighted by Crippen LogP contribution is -2.42. The highest BCUT2D eigenvalue weighted by molar-refractivity contribution is 7.89. The van der Waals surface area contributed by atoms with Crippen LogP contribution < -0.4 is 0 Å². The Morgan fingerprint density at radius 1 is 1.26 bits per heavy atom. The van der Waals surface area contributed by atoms with Gasteiger partial charge in [0.05, 0.1) is 12.0 Å². The average molecular weight is 340 g/mol. The van der Waals surface area contributed by atoms with Gasteiger partial charge in [-0.15, -0.1) is 0 Å². The van der Waals surface area contributed by atoms with Crippen molar-refractivity contribution in [3.05, 3.63) is 29.8 Å². The first-order valence-corrected chi connectivity index (χ1v) is 9.12. The van der Waals surface area contributed by atoms with Crippen LogP contribution in [0.15, 0.2) is 29.2 Å². The molecule has 0 radical (unpaired) electrons. The Morgan fingerprint density at radius 2 is 1.87 bits per heavy atom. The van der Waals surface area contributed by atoms with Crippen molar-refractivity contribution in [1.29, 1.82) is 0 Å². The molecular weight excluding hydrogens is 316 g/mol. The third kappa shape index (κ3) is 3.91. The summed E-state index contributed by atoms with van der Waals surface area (Å²) in [6, 6.07) is 6.11. The minimum absolute atomic E-state index is 0.147. The van der Waals surface area contributed by atoms with Crippen LogP contribution in [0.25, 0.3) is 0 Å². The average Bonchev–Trinajstić information content (AvgIpc) is 2.52. The van der Waals surface area contributed by atoms with E-state index in [1.807, 2.05) is 0 Å². The van der Waals surface area contributed by atoms with E-state index in [1.54, 1.807) is 12.1 Å². The summed E-state index contributed by atoms with van der Waals surface area (Å²) < 4.78 is 27.2. The fraction of sp³-hybridized carbons (Fsp3) is 0.562. The quantitative estimate of drug-likeness (QED) is 0.786. The number of rotatable bonds is 4. The van der Waals surface area contributed by atoms with Crippen molar-refractivity contribution in [2.75, 3.05) is 27.2 Å². The van der Waals surface area contributed by atoms with Gasteiger partial charge in [0.15, 0.2) is 0 Å². The number of nitrogens with zero attached hydrogens (tertiary/aromatic N) is 2. The standard InChI is InChI=1S/C16H24N2O4S/c1-12-8-13(2)11-18(10-12)23(20,21)15-7-5-6-14(9-15)16(19)17(3)22-4/h5-7,9,12-13H,8,10-11H2,1-4H3. The topological polar surface area (TPSA) is 66.9 Å². The summed E-state index contributed by atoms with van der Waals surface area (Å²) in [4.78, 5) is 17.1. The van der Waals surface area contributed by atoms with Gasteiger partial charge in [0, 0.05) is 25.7 Å². The predicted molar refractivity (Wildman–Crippen MR) is 87.2 cm³/mol. The second-order valence-electron chi connectivity index (χ2n) is 6.28. The van der Waals surface area contributed by atoms with Crippen molar-refractivity contribution in [2.45, 2.75) is 25.2 Å². The largest absolute Gasteiger partial charge is 0.277 e. The zero-order valence-electron chi connectivity index (χ0n) is 14.0. The first-order valence-electron chi connectivity index (χ1n) is 7.68. The highest BCUT2D eigenvalue weighted by Gasteiger charge is 2.32. The van der Waals surface area contributed by atoms with Gasteiger partial charge in [0.1, 0.15) is 0 Å². The molecule has 1 aliphatic heterocycles. The summed E-state index contributed by atoms with van der Waals surface area (Å²) in [5.74, 6) is 0.279. The summed E-state index contributed by atoms with van der Waals surface area (Å²) in [6.45, 7) is 5.16. The van der Waals surface area contributed by atoms with Crippen molar-refractivity contribution in [1.82, 2.24) is 9.37 Å². The van der Waals surface area contributed by atoms with Crippen LogP contribution in [0.4, 0.5) is 0 Å². The van der Waals surface area contributed by atoms with Crippen molar-refractivity contribution >= 4 is 15.9 Å². The first kappa shape index (κ1) is 17.9. The molecule has 1 aromatic rings. The molecule has 1 fully saturated rings. The molecule has 2 rings (SSSR count). The molecule has 128 valence electrons. The van der Waals surface area contributed by atoms with Crippen LogP contribution in [0.1, 0.15) is 30.6 Å². The summed E-state index contributed by atoms with van der Waals surface area (Å²) >= 11 is 0. The molecule has 0 saturated carbocycles. The molecule has 6 nitrogen and oxygen atoms in total. The summed E-state index contributed by atoms with van der Waals surface area (Å²) in [7, 11) is -0.727. The molecule has 0 N–H and O–H groups in total. The van der Waals surface area contributed by atoms with Gasteiger partial charge in [-0.1, -0.05) is 19.9 Å². The molecule has 0 bridgehead atoms. The monoisotopic (exact) mass is 340 g/mol. The van der Waals surface area contributed by atoms with Gasteiger partial charge < -0.3 is 0 Å². The Hall–Kier alpha value is -1.44. The van der Waals surface area contributed by atoms with Crippen LogP contribution in [-0.2, 0) is 14.9 Å². The van der Waals surface area contributed by atoms with E-state index < -0.39 is 10.0 Å². The van der Waals surface area contributed by atoms with Crippen LogP contribution >= 0.6 is 0 Å². The maximum atomic E-state index is 12.9. The van der Waals surface area contributed by atoms with Crippen molar-refractivity contribution in [3.63, 3.8) is 0 Å².